The molecular weight excluding hydrogens is 407 g/mol. The number of nitrogens with one attached hydrogen (secondary N) is 2. The molecule has 1 amide bonds. The SMILES string of the molecule is CC(C)C[C@H](NC(=O)[C@H](CC(C)C)NC1=C(Cl)C(=O)c2ccccc2C1=O)B(O)O. The van der Waals surface area contributed by atoms with Crippen LogP contribution in [-0.4, -0.2) is 46.6 Å². The summed E-state index contributed by atoms with van der Waals surface area (Å²) in [7, 11) is -1.72. The summed E-state index contributed by atoms with van der Waals surface area (Å²) in [4.78, 5) is 38.4. The van der Waals surface area contributed by atoms with Crippen LogP contribution in [0.5, 0.6) is 0 Å². The Morgan fingerprint density at radius 3 is 2.03 bits per heavy atom. The number of Topliss-reactive ketones (excluding diaryl/α,β-unsaturated/α-hetero) is 2. The molecule has 1 aromatic rings. The van der Waals surface area contributed by atoms with Gasteiger partial charge in [-0.2, -0.15) is 0 Å². The van der Waals surface area contributed by atoms with Gasteiger partial charge >= 0.3 is 7.12 Å². The molecule has 0 saturated heterocycles. The number of carbonyl (C=O) groups excluding carboxylic acids is 3. The van der Waals surface area contributed by atoms with Gasteiger partial charge in [-0.25, -0.2) is 0 Å². The molecule has 0 spiro atoms. The number of hydrogen-bond donors (Lipinski definition) is 4. The number of ketones is 2. The van der Waals surface area contributed by atoms with Crippen LogP contribution in [0.1, 0.15) is 61.3 Å². The van der Waals surface area contributed by atoms with Crippen LogP contribution in [0.4, 0.5) is 0 Å². The average molecular weight is 435 g/mol. The maximum Gasteiger partial charge on any atom is 0.475 e. The maximum atomic E-state index is 12.9. The molecule has 1 aliphatic rings. The van der Waals surface area contributed by atoms with Crippen molar-refractivity contribution in [3.05, 3.63) is 46.1 Å². The molecule has 30 heavy (non-hydrogen) atoms. The predicted molar refractivity (Wildman–Crippen MR) is 116 cm³/mol. The van der Waals surface area contributed by atoms with Crippen molar-refractivity contribution in [1.29, 1.82) is 0 Å². The summed E-state index contributed by atoms with van der Waals surface area (Å²) in [5, 5.41) is 24.5. The minimum atomic E-state index is -1.72. The summed E-state index contributed by atoms with van der Waals surface area (Å²) in [6, 6.07) is 5.49. The highest BCUT2D eigenvalue weighted by molar-refractivity contribution is 6.50. The molecule has 0 bridgehead atoms. The third kappa shape index (κ3) is 5.71. The first-order valence-corrected chi connectivity index (χ1v) is 10.4. The molecule has 1 aliphatic carbocycles. The Labute approximate surface area is 182 Å². The summed E-state index contributed by atoms with van der Waals surface area (Å²) in [5.74, 6) is -2.10. The van der Waals surface area contributed by atoms with Crippen LogP contribution in [0.2, 0.25) is 0 Å². The Morgan fingerprint density at radius 1 is 1.00 bits per heavy atom. The van der Waals surface area contributed by atoms with Crippen LogP contribution in [0, 0.1) is 11.8 Å². The van der Waals surface area contributed by atoms with Crippen LogP contribution in [-0.2, 0) is 4.79 Å². The summed E-state index contributed by atoms with van der Waals surface area (Å²) in [5.41, 5.74) is 0.330. The van der Waals surface area contributed by atoms with Crippen molar-refractivity contribution in [2.75, 3.05) is 0 Å². The molecule has 1 aromatic carbocycles. The first-order valence-electron chi connectivity index (χ1n) is 10.0. The van der Waals surface area contributed by atoms with Gasteiger partial charge in [-0.15, -0.1) is 0 Å². The van der Waals surface area contributed by atoms with Gasteiger partial charge in [0.05, 0.1) is 5.94 Å². The molecule has 9 heteroatoms. The van der Waals surface area contributed by atoms with E-state index in [2.05, 4.69) is 10.6 Å². The van der Waals surface area contributed by atoms with Crippen molar-refractivity contribution in [3.8, 4) is 0 Å². The van der Waals surface area contributed by atoms with Crippen molar-refractivity contribution in [3.63, 3.8) is 0 Å². The molecule has 0 aromatic heterocycles. The van der Waals surface area contributed by atoms with E-state index in [-0.39, 0.29) is 33.7 Å². The van der Waals surface area contributed by atoms with Crippen molar-refractivity contribution < 1.29 is 24.4 Å². The Kier molecular flexibility index (Phi) is 8.23. The van der Waals surface area contributed by atoms with E-state index in [9.17, 15) is 24.4 Å². The van der Waals surface area contributed by atoms with Gasteiger partial charge in [0.2, 0.25) is 17.5 Å². The van der Waals surface area contributed by atoms with Gasteiger partial charge in [-0.05, 0) is 24.7 Å². The second-order valence-corrected chi connectivity index (χ2v) is 8.76. The standard InChI is InChI=1S/C21H28BClN2O5/c1-11(2)9-15(21(28)25-16(22(29)30)10-12(3)4)24-18-17(23)19(26)13-7-5-6-8-14(13)20(18)27/h5-8,11-12,15-16,24,29-30H,9-10H2,1-4H3,(H,25,28)/t15-,16-/m0/s1. The monoisotopic (exact) mass is 434 g/mol. The number of carbonyl (C=O) groups is 3. The number of benzene rings is 1. The maximum absolute atomic E-state index is 12.9. The molecule has 0 radical (unpaired) electrons. The summed E-state index contributed by atoms with van der Waals surface area (Å²) in [6.07, 6.45) is 0.713. The van der Waals surface area contributed by atoms with E-state index in [0.717, 1.165) is 0 Å². The van der Waals surface area contributed by atoms with Crippen LogP contribution in [0.25, 0.3) is 0 Å². The second-order valence-electron chi connectivity index (χ2n) is 8.38. The van der Waals surface area contributed by atoms with E-state index >= 15 is 0 Å². The normalized spacial score (nSPS) is 15.9. The fourth-order valence-electron chi connectivity index (χ4n) is 3.40. The van der Waals surface area contributed by atoms with Crippen molar-refractivity contribution in [2.45, 2.75) is 52.5 Å². The molecule has 2 atom stereocenters. The van der Waals surface area contributed by atoms with E-state index in [1.807, 2.05) is 27.7 Å². The molecule has 162 valence electrons. The summed E-state index contributed by atoms with van der Waals surface area (Å²) >= 11 is 6.20. The number of amides is 1. The fraction of sp³-hybridized carbons (Fsp3) is 0.476. The number of rotatable bonds is 9. The smallest absolute Gasteiger partial charge is 0.426 e. The highest BCUT2D eigenvalue weighted by Gasteiger charge is 2.35. The minimum absolute atomic E-state index is 0.0805. The van der Waals surface area contributed by atoms with Crippen molar-refractivity contribution in [1.82, 2.24) is 10.6 Å². The Hall–Kier alpha value is -2.16. The van der Waals surface area contributed by atoms with E-state index in [1.165, 1.54) is 6.07 Å². The van der Waals surface area contributed by atoms with Gasteiger partial charge in [0.25, 0.3) is 0 Å². The molecule has 7 nitrogen and oxygen atoms in total. The Balaban J connectivity index is 2.30. The fourth-order valence-corrected chi connectivity index (χ4v) is 3.64. The predicted octanol–water partition coefficient (Wildman–Crippen LogP) is 2.06. The Morgan fingerprint density at radius 2 is 1.53 bits per heavy atom. The highest BCUT2D eigenvalue weighted by atomic mass is 35.5. The molecule has 0 saturated carbocycles. The lowest BCUT2D eigenvalue weighted by molar-refractivity contribution is -0.123. The third-order valence-electron chi connectivity index (χ3n) is 4.82. The zero-order valence-electron chi connectivity index (χ0n) is 17.6. The lowest BCUT2D eigenvalue weighted by atomic mass is 9.75. The van der Waals surface area contributed by atoms with E-state index in [4.69, 9.17) is 11.6 Å². The van der Waals surface area contributed by atoms with E-state index in [0.29, 0.717) is 12.8 Å². The van der Waals surface area contributed by atoms with Gasteiger partial charge in [0.15, 0.2) is 0 Å². The van der Waals surface area contributed by atoms with Crippen molar-refractivity contribution >= 4 is 36.2 Å². The first-order chi connectivity index (χ1) is 14.0. The lowest BCUT2D eigenvalue weighted by Gasteiger charge is -2.27. The molecule has 0 aliphatic heterocycles. The number of halogens is 1. The molecule has 0 fully saturated rings. The van der Waals surface area contributed by atoms with Crippen molar-refractivity contribution in [2.24, 2.45) is 11.8 Å². The van der Waals surface area contributed by atoms with E-state index in [1.54, 1.807) is 18.2 Å². The second kappa shape index (κ2) is 10.2. The summed E-state index contributed by atoms with van der Waals surface area (Å²) in [6.45, 7) is 7.63. The Bertz CT molecular complexity index is 854. The molecular formula is C21H28BClN2O5. The average Bonchev–Trinajstić information content (AvgIpc) is 2.67. The molecule has 0 unspecified atom stereocenters. The van der Waals surface area contributed by atoms with Gasteiger partial charge in [-0.3, -0.25) is 14.4 Å². The molecule has 0 heterocycles. The number of allylic oxidation sites excluding steroid dienone is 2. The first kappa shape index (κ1) is 24.1. The van der Waals surface area contributed by atoms with Crippen LogP contribution >= 0.6 is 11.6 Å². The summed E-state index contributed by atoms with van der Waals surface area (Å²) < 4.78 is 0. The van der Waals surface area contributed by atoms with Gasteiger partial charge in [-0.1, -0.05) is 63.6 Å². The largest absolute Gasteiger partial charge is 0.475 e. The molecule has 2 rings (SSSR count). The van der Waals surface area contributed by atoms with Gasteiger partial charge in [0.1, 0.15) is 16.8 Å². The zero-order valence-corrected chi connectivity index (χ0v) is 18.4. The topological polar surface area (TPSA) is 116 Å². The van der Waals surface area contributed by atoms with Gasteiger partial charge < -0.3 is 20.7 Å². The van der Waals surface area contributed by atoms with Crippen LogP contribution < -0.4 is 10.6 Å². The minimum Gasteiger partial charge on any atom is -0.426 e. The molecule has 4 N–H and O–H groups in total. The van der Waals surface area contributed by atoms with Crippen LogP contribution in [0.3, 0.4) is 0 Å². The quantitative estimate of drug-likeness (QED) is 0.442. The number of fused-ring (bicyclic) bond motifs is 1. The van der Waals surface area contributed by atoms with Crippen LogP contribution in [0.15, 0.2) is 35.0 Å². The third-order valence-corrected chi connectivity index (χ3v) is 5.18. The zero-order chi connectivity index (χ0) is 22.6. The van der Waals surface area contributed by atoms with Gasteiger partial charge in [0, 0.05) is 11.1 Å². The highest BCUT2D eigenvalue weighted by Crippen LogP contribution is 2.28. The lowest BCUT2D eigenvalue weighted by Crippen LogP contribution is -2.54. The van der Waals surface area contributed by atoms with E-state index < -0.39 is 36.6 Å². The number of hydrogen-bond acceptors (Lipinski definition) is 6.